The highest BCUT2D eigenvalue weighted by molar-refractivity contribution is 5.83. The molecule has 1 N–H and O–H groups in total. The Kier molecular flexibility index (Phi) is 8.65. The average Bonchev–Trinajstić information content (AvgIpc) is 2.72. The zero-order valence-electron chi connectivity index (χ0n) is 19.3. The molecule has 0 radical (unpaired) electrons. The Balaban J connectivity index is 2.56. The Hall–Kier alpha value is -2.45. The van der Waals surface area contributed by atoms with Gasteiger partial charge in [0.2, 0.25) is 0 Å². The van der Waals surface area contributed by atoms with E-state index < -0.39 is 40.9 Å². The number of hydrogen-bond acceptors (Lipinski definition) is 5. The molecule has 2 rings (SSSR count). The molecule has 0 bridgehead atoms. The summed E-state index contributed by atoms with van der Waals surface area (Å²) in [6.45, 7) is 5.25. The first-order valence-corrected chi connectivity index (χ1v) is 10.8. The minimum Gasteiger partial charge on any atom is -0.459 e. The van der Waals surface area contributed by atoms with E-state index in [1.807, 2.05) is 13.8 Å². The SMILES string of the molecule is CO[C@@](C(=O)O[C@@H]1C/C(C=O)=C\CC[C@@](C)(O)/C=C/[C@H]1C(C)C)(c1ccccc1)C(F)(F)F. The van der Waals surface area contributed by atoms with Crippen LogP contribution in [0.1, 0.15) is 45.6 Å². The van der Waals surface area contributed by atoms with Crippen LogP contribution in [0.5, 0.6) is 0 Å². The molecule has 1 aromatic carbocycles. The molecule has 1 aromatic rings. The molecule has 0 saturated carbocycles. The first-order valence-electron chi connectivity index (χ1n) is 10.8. The van der Waals surface area contributed by atoms with E-state index in [-0.39, 0.29) is 12.3 Å². The fraction of sp³-hybridized carbons (Fsp3) is 0.520. The minimum atomic E-state index is -5.10. The van der Waals surface area contributed by atoms with E-state index in [0.29, 0.717) is 24.7 Å². The van der Waals surface area contributed by atoms with Crippen molar-refractivity contribution >= 4 is 12.3 Å². The van der Waals surface area contributed by atoms with Crippen LogP contribution in [-0.4, -0.2) is 42.4 Å². The topological polar surface area (TPSA) is 72.8 Å². The van der Waals surface area contributed by atoms with Gasteiger partial charge in [-0.3, -0.25) is 4.79 Å². The molecular formula is C25H31F3O5. The molecule has 0 aliphatic heterocycles. The average molecular weight is 469 g/mol. The number of halogens is 3. The van der Waals surface area contributed by atoms with Crippen molar-refractivity contribution in [1.82, 2.24) is 0 Å². The Bertz CT molecular complexity index is 874. The first-order chi connectivity index (χ1) is 15.4. The van der Waals surface area contributed by atoms with Crippen molar-refractivity contribution in [3.05, 3.63) is 59.7 Å². The second-order valence-electron chi connectivity index (χ2n) is 8.87. The number of ether oxygens (including phenoxy) is 2. The second-order valence-corrected chi connectivity index (χ2v) is 8.87. The van der Waals surface area contributed by atoms with Gasteiger partial charge in [0.1, 0.15) is 12.4 Å². The number of carbonyl (C=O) groups excluding carboxylic acids is 2. The maximum absolute atomic E-state index is 14.3. The van der Waals surface area contributed by atoms with Crippen LogP contribution in [0, 0.1) is 11.8 Å². The predicted octanol–water partition coefficient (Wildman–Crippen LogP) is 4.89. The summed E-state index contributed by atoms with van der Waals surface area (Å²) in [5.41, 5.74) is -4.63. The number of aldehydes is 1. The van der Waals surface area contributed by atoms with Gasteiger partial charge in [0.25, 0.3) is 5.60 Å². The summed E-state index contributed by atoms with van der Waals surface area (Å²) in [5.74, 6) is -2.33. The smallest absolute Gasteiger partial charge is 0.432 e. The van der Waals surface area contributed by atoms with Crippen molar-refractivity contribution < 1.29 is 37.3 Å². The Morgan fingerprint density at radius 3 is 2.39 bits per heavy atom. The van der Waals surface area contributed by atoms with Gasteiger partial charge in [-0.25, -0.2) is 4.79 Å². The van der Waals surface area contributed by atoms with Crippen LogP contribution in [0.4, 0.5) is 13.2 Å². The zero-order valence-corrected chi connectivity index (χ0v) is 19.3. The highest BCUT2D eigenvalue weighted by atomic mass is 19.4. The lowest BCUT2D eigenvalue weighted by atomic mass is 9.83. The van der Waals surface area contributed by atoms with Gasteiger partial charge in [-0.15, -0.1) is 0 Å². The van der Waals surface area contributed by atoms with E-state index in [1.54, 1.807) is 25.2 Å². The molecule has 33 heavy (non-hydrogen) atoms. The van der Waals surface area contributed by atoms with Crippen LogP contribution in [0.3, 0.4) is 0 Å². The third-order valence-electron chi connectivity index (χ3n) is 5.95. The molecule has 0 saturated heterocycles. The second kappa shape index (κ2) is 10.7. The molecule has 0 amide bonds. The van der Waals surface area contributed by atoms with Gasteiger partial charge in [-0.1, -0.05) is 62.4 Å². The maximum Gasteiger partial charge on any atom is 0.432 e. The summed E-state index contributed by atoms with van der Waals surface area (Å²) in [4.78, 5) is 24.8. The van der Waals surface area contributed by atoms with Crippen LogP contribution in [-0.2, 0) is 24.7 Å². The summed E-state index contributed by atoms with van der Waals surface area (Å²) in [6.07, 6.45) is -0.0586. The van der Waals surface area contributed by atoms with E-state index >= 15 is 0 Å². The number of rotatable bonds is 6. The van der Waals surface area contributed by atoms with Crippen LogP contribution in [0.25, 0.3) is 0 Å². The predicted molar refractivity (Wildman–Crippen MR) is 117 cm³/mol. The summed E-state index contributed by atoms with van der Waals surface area (Å²) >= 11 is 0. The molecule has 0 unspecified atom stereocenters. The third-order valence-corrected chi connectivity index (χ3v) is 5.95. The summed E-state index contributed by atoms with van der Waals surface area (Å²) in [6, 6.07) is 6.58. The fourth-order valence-corrected chi connectivity index (χ4v) is 4.00. The number of alkyl halides is 3. The molecule has 5 nitrogen and oxygen atoms in total. The van der Waals surface area contributed by atoms with Crippen LogP contribution >= 0.6 is 0 Å². The van der Waals surface area contributed by atoms with Gasteiger partial charge in [-0.05, 0) is 31.3 Å². The highest BCUT2D eigenvalue weighted by Gasteiger charge is 2.64. The van der Waals surface area contributed by atoms with Crippen molar-refractivity contribution in [2.75, 3.05) is 7.11 Å². The van der Waals surface area contributed by atoms with Crippen molar-refractivity contribution in [2.45, 2.75) is 63.5 Å². The van der Waals surface area contributed by atoms with E-state index in [9.17, 15) is 27.9 Å². The van der Waals surface area contributed by atoms with Crippen LogP contribution in [0.15, 0.2) is 54.1 Å². The fourth-order valence-electron chi connectivity index (χ4n) is 4.00. The molecule has 182 valence electrons. The van der Waals surface area contributed by atoms with Gasteiger partial charge in [0.15, 0.2) is 0 Å². The van der Waals surface area contributed by atoms with Crippen LogP contribution in [0.2, 0.25) is 0 Å². The standard InChI is InChI=1S/C25H31F3O5/c1-17(2)20-12-14-23(3,31)13-8-9-18(16-29)15-21(20)33-22(30)24(32-4,25(26,27)28)19-10-6-5-7-11-19/h5-7,9-12,14,16-17,20-21,31H,8,13,15H2,1-4H3/b14-12+,18-9+/t20-,21+,23+,24+/m0/s1. The van der Waals surface area contributed by atoms with Gasteiger partial charge < -0.3 is 14.6 Å². The Morgan fingerprint density at radius 2 is 1.88 bits per heavy atom. The Labute approximate surface area is 192 Å². The van der Waals surface area contributed by atoms with E-state index in [4.69, 9.17) is 9.47 Å². The van der Waals surface area contributed by atoms with Crippen molar-refractivity contribution in [2.24, 2.45) is 11.8 Å². The molecule has 1 aliphatic rings. The highest BCUT2D eigenvalue weighted by Crippen LogP contribution is 2.44. The van der Waals surface area contributed by atoms with Gasteiger partial charge in [0, 0.05) is 25.0 Å². The number of esters is 1. The quantitative estimate of drug-likeness (QED) is 0.366. The minimum absolute atomic E-state index is 0.0585. The number of benzene rings is 1. The molecule has 0 fully saturated rings. The summed E-state index contributed by atoms with van der Waals surface area (Å²) in [5, 5.41) is 10.6. The molecule has 4 atom stereocenters. The molecular weight excluding hydrogens is 437 g/mol. The molecule has 0 spiro atoms. The first kappa shape index (κ1) is 26.8. The lowest BCUT2D eigenvalue weighted by Gasteiger charge is -2.36. The van der Waals surface area contributed by atoms with Gasteiger partial charge in [-0.2, -0.15) is 13.2 Å². The lowest BCUT2D eigenvalue weighted by molar-refractivity contribution is -0.278. The third kappa shape index (κ3) is 6.12. The van der Waals surface area contributed by atoms with Crippen molar-refractivity contribution in [1.29, 1.82) is 0 Å². The molecule has 1 aliphatic carbocycles. The number of methoxy groups -OCH3 is 1. The molecule has 8 heteroatoms. The normalized spacial score (nSPS) is 28.8. The summed E-state index contributed by atoms with van der Waals surface area (Å²) < 4.78 is 53.2. The van der Waals surface area contributed by atoms with Crippen molar-refractivity contribution in [3.63, 3.8) is 0 Å². The maximum atomic E-state index is 14.3. The molecule has 0 heterocycles. The Morgan fingerprint density at radius 1 is 1.24 bits per heavy atom. The largest absolute Gasteiger partial charge is 0.459 e. The number of allylic oxidation sites excluding steroid dienone is 1. The lowest BCUT2D eigenvalue weighted by Crippen LogP contribution is -2.53. The van der Waals surface area contributed by atoms with E-state index in [1.165, 1.54) is 18.2 Å². The van der Waals surface area contributed by atoms with Gasteiger partial charge >= 0.3 is 12.1 Å². The van der Waals surface area contributed by atoms with Crippen LogP contribution < -0.4 is 0 Å². The number of aliphatic hydroxyl groups is 1. The van der Waals surface area contributed by atoms with Gasteiger partial charge in [0.05, 0.1) is 5.60 Å². The number of carbonyl (C=O) groups is 2. The van der Waals surface area contributed by atoms with Crippen molar-refractivity contribution in [3.8, 4) is 0 Å². The van der Waals surface area contributed by atoms with E-state index in [2.05, 4.69) is 0 Å². The monoisotopic (exact) mass is 468 g/mol. The van der Waals surface area contributed by atoms with E-state index in [0.717, 1.165) is 19.2 Å². The summed E-state index contributed by atoms with van der Waals surface area (Å²) in [7, 11) is 0.808. The molecule has 0 aromatic heterocycles. The zero-order chi connectivity index (χ0) is 24.9. The number of hydrogen-bond donors (Lipinski definition) is 1.